The first-order valence-electron chi connectivity index (χ1n) is 8.26. The SMILES string of the molecule is COCC(C)n1c(SCc2ccc(C#N)cc2)nc2ccccc2c1=O. The van der Waals surface area contributed by atoms with Gasteiger partial charge >= 0.3 is 0 Å². The fraction of sp³-hybridized carbons (Fsp3) is 0.250. The molecule has 1 aromatic heterocycles. The molecular formula is C20H19N3O2S. The molecule has 1 unspecified atom stereocenters. The predicted molar refractivity (Wildman–Crippen MR) is 103 cm³/mol. The van der Waals surface area contributed by atoms with E-state index in [0.717, 1.165) is 5.56 Å². The summed E-state index contributed by atoms with van der Waals surface area (Å²) in [4.78, 5) is 17.7. The fourth-order valence-corrected chi connectivity index (χ4v) is 3.81. The average molecular weight is 365 g/mol. The Kier molecular flexibility index (Phi) is 5.71. The molecule has 3 aromatic rings. The van der Waals surface area contributed by atoms with Crippen LogP contribution in [0.4, 0.5) is 0 Å². The number of rotatable bonds is 6. The Balaban J connectivity index is 1.98. The van der Waals surface area contributed by atoms with Crippen molar-refractivity contribution in [3.05, 3.63) is 70.0 Å². The summed E-state index contributed by atoms with van der Waals surface area (Å²) in [7, 11) is 1.62. The molecule has 0 fully saturated rings. The van der Waals surface area contributed by atoms with Crippen LogP contribution in [0.3, 0.4) is 0 Å². The van der Waals surface area contributed by atoms with Gasteiger partial charge in [0, 0.05) is 12.9 Å². The first-order valence-corrected chi connectivity index (χ1v) is 9.24. The molecule has 0 amide bonds. The second-order valence-corrected chi connectivity index (χ2v) is 6.93. The summed E-state index contributed by atoms with van der Waals surface area (Å²) in [5, 5.41) is 10.2. The molecule has 0 aliphatic carbocycles. The molecule has 6 heteroatoms. The van der Waals surface area contributed by atoms with Crippen LogP contribution in [-0.4, -0.2) is 23.3 Å². The minimum Gasteiger partial charge on any atom is -0.383 e. The number of benzene rings is 2. The maximum Gasteiger partial charge on any atom is 0.262 e. The molecule has 26 heavy (non-hydrogen) atoms. The van der Waals surface area contributed by atoms with Crippen LogP contribution in [0, 0.1) is 11.3 Å². The van der Waals surface area contributed by atoms with E-state index in [0.29, 0.717) is 34.0 Å². The van der Waals surface area contributed by atoms with E-state index in [4.69, 9.17) is 15.0 Å². The monoisotopic (exact) mass is 365 g/mol. The van der Waals surface area contributed by atoms with E-state index < -0.39 is 0 Å². The van der Waals surface area contributed by atoms with Gasteiger partial charge in [-0.15, -0.1) is 0 Å². The molecule has 0 aliphatic rings. The summed E-state index contributed by atoms with van der Waals surface area (Å²) < 4.78 is 6.95. The molecule has 0 radical (unpaired) electrons. The lowest BCUT2D eigenvalue weighted by Gasteiger charge is -2.18. The number of fused-ring (bicyclic) bond motifs is 1. The van der Waals surface area contributed by atoms with Crippen LogP contribution in [0.25, 0.3) is 10.9 Å². The van der Waals surface area contributed by atoms with E-state index in [2.05, 4.69) is 6.07 Å². The van der Waals surface area contributed by atoms with Crippen LogP contribution < -0.4 is 5.56 Å². The third-order valence-electron chi connectivity index (χ3n) is 4.08. The summed E-state index contributed by atoms with van der Waals surface area (Å²) in [5.41, 5.74) is 2.35. The topological polar surface area (TPSA) is 67.9 Å². The zero-order chi connectivity index (χ0) is 18.5. The largest absolute Gasteiger partial charge is 0.383 e. The van der Waals surface area contributed by atoms with Gasteiger partial charge in [0.15, 0.2) is 5.16 Å². The lowest BCUT2D eigenvalue weighted by Crippen LogP contribution is -2.28. The highest BCUT2D eigenvalue weighted by Gasteiger charge is 2.16. The van der Waals surface area contributed by atoms with Gasteiger partial charge in [0.25, 0.3) is 5.56 Å². The van der Waals surface area contributed by atoms with Crippen LogP contribution in [0.5, 0.6) is 0 Å². The van der Waals surface area contributed by atoms with Crippen LogP contribution in [0.15, 0.2) is 58.5 Å². The summed E-state index contributed by atoms with van der Waals surface area (Å²) in [6.45, 7) is 2.39. The Morgan fingerprint density at radius 2 is 1.96 bits per heavy atom. The Morgan fingerprint density at radius 1 is 1.23 bits per heavy atom. The standard InChI is InChI=1S/C20H19N3O2S/c1-14(12-25-2)23-19(24)17-5-3-4-6-18(17)22-20(23)26-13-16-9-7-15(11-21)8-10-16/h3-10,14H,12-13H2,1-2H3. The zero-order valence-electron chi connectivity index (χ0n) is 14.7. The Labute approximate surface area is 156 Å². The fourth-order valence-electron chi connectivity index (χ4n) is 2.76. The molecule has 0 N–H and O–H groups in total. The highest BCUT2D eigenvalue weighted by Crippen LogP contribution is 2.24. The number of para-hydroxylation sites is 1. The third kappa shape index (κ3) is 3.79. The first-order chi connectivity index (χ1) is 12.6. The summed E-state index contributed by atoms with van der Waals surface area (Å²) >= 11 is 1.51. The Bertz CT molecular complexity index is 1010. The Hall–Kier alpha value is -2.62. The number of aromatic nitrogens is 2. The van der Waals surface area contributed by atoms with Crippen molar-refractivity contribution in [2.75, 3.05) is 13.7 Å². The van der Waals surface area contributed by atoms with Crippen LogP contribution in [0.1, 0.15) is 24.1 Å². The van der Waals surface area contributed by atoms with Gasteiger partial charge in [-0.1, -0.05) is 36.0 Å². The molecule has 132 valence electrons. The van der Waals surface area contributed by atoms with Crippen LogP contribution in [0.2, 0.25) is 0 Å². The highest BCUT2D eigenvalue weighted by atomic mass is 32.2. The van der Waals surface area contributed by atoms with Gasteiger partial charge < -0.3 is 4.74 Å². The summed E-state index contributed by atoms with van der Waals surface area (Å²) in [5.74, 6) is 0.663. The number of nitriles is 1. The second-order valence-electron chi connectivity index (χ2n) is 5.99. The summed E-state index contributed by atoms with van der Waals surface area (Å²) in [6.07, 6.45) is 0. The highest BCUT2D eigenvalue weighted by molar-refractivity contribution is 7.98. The van der Waals surface area contributed by atoms with Gasteiger partial charge in [-0.05, 0) is 36.8 Å². The first kappa shape index (κ1) is 18.2. The number of nitrogens with zero attached hydrogens (tertiary/aromatic N) is 3. The maximum absolute atomic E-state index is 13.0. The molecule has 0 saturated carbocycles. The van der Waals surface area contributed by atoms with E-state index in [1.807, 2.05) is 37.3 Å². The molecule has 0 bridgehead atoms. The van der Waals surface area contributed by atoms with Crippen molar-refractivity contribution in [1.82, 2.24) is 9.55 Å². The third-order valence-corrected chi connectivity index (χ3v) is 5.10. The molecule has 2 aromatic carbocycles. The molecule has 1 atom stereocenters. The van der Waals surface area contributed by atoms with Gasteiger partial charge in [0.2, 0.25) is 0 Å². The molecule has 0 aliphatic heterocycles. The minimum absolute atomic E-state index is 0.0533. The van der Waals surface area contributed by atoms with Crippen molar-refractivity contribution >= 4 is 22.7 Å². The molecular weight excluding hydrogens is 346 g/mol. The van der Waals surface area contributed by atoms with Crippen molar-refractivity contribution in [2.45, 2.75) is 23.9 Å². The average Bonchev–Trinajstić information content (AvgIpc) is 2.67. The van der Waals surface area contributed by atoms with Gasteiger partial charge in [-0.2, -0.15) is 5.26 Å². The van der Waals surface area contributed by atoms with Gasteiger partial charge in [-0.25, -0.2) is 4.98 Å². The minimum atomic E-state index is -0.118. The van der Waals surface area contributed by atoms with Crippen molar-refractivity contribution in [3.63, 3.8) is 0 Å². The predicted octanol–water partition coefficient (Wildman–Crippen LogP) is 3.77. The van der Waals surface area contributed by atoms with E-state index >= 15 is 0 Å². The number of hydrogen-bond acceptors (Lipinski definition) is 5. The van der Waals surface area contributed by atoms with Crippen LogP contribution >= 0.6 is 11.8 Å². The molecule has 1 heterocycles. The molecule has 0 saturated heterocycles. The van der Waals surface area contributed by atoms with Crippen molar-refractivity contribution in [3.8, 4) is 6.07 Å². The van der Waals surface area contributed by atoms with Crippen LogP contribution in [-0.2, 0) is 10.5 Å². The summed E-state index contributed by atoms with van der Waals surface area (Å²) in [6, 6.07) is 16.8. The maximum atomic E-state index is 13.0. The van der Waals surface area contributed by atoms with Gasteiger partial charge in [0.1, 0.15) is 0 Å². The molecule has 3 rings (SSSR count). The van der Waals surface area contributed by atoms with E-state index in [-0.39, 0.29) is 11.6 Å². The molecule has 5 nitrogen and oxygen atoms in total. The van der Waals surface area contributed by atoms with Gasteiger partial charge in [0.05, 0.1) is 35.2 Å². The van der Waals surface area contributed by atoms with Gasteiger partial charge in [-0.3, -0.25) is 9.36 Å². The van der Waals surface area contributed by atoms with Crippen molar-refractivity contribution in [2.24, 2.45) is 0 Å². The smallest absolute Gasteiger partial charge is 0.262 e. The normalized spacial score (nSPS) is 12.0. The molecule has 0 spiro atoms. The number of ether oxygens (including phenoxy) is 1. The zero-order valence-corrected chi connectivity index (χ0v) is 15.5. The lowest BCUT2D eigenvalue weighted by molar-refractivity contribution is 0.156. The van der Waals surface area contributed by atoms with Crippen molar-refractivity contribution in [1.29, 1.82) is 5.26 Å². The number of hydrogen-bond donors (Lipinski definition) is 0. The number of thioether (sulfide) groups is 1. The second kappa shape index (κ2) is 8.17. The number of methoxy groups -OCH3 is 1. The quantitative estimate of drug-likeness (QED) is 0.491. The lowest BCUT2D eigenvalue weighted by atomic mass is 10.2. The Morgan fingerprint density at radius 3 is 2.65 bits per heavy atom. The van der Waals surface area contributed by atoms with E-state index in [9.17, 15) is 4.79 Å². The van der Waals surface area contributed by atoms with E-state index in [1.165, 1.54) is 11.8 Å². The van der Waals surface area contributed by atoms with E-state index in [1.54, 1.807) is 29.9 Å². The van der Waals surface area contributed by atoms with Crippen molar-refractivity contribution < 1.29 is 4.74 Å².